The van der Waals surface area contributed by atoms with Crippen molar-refractivity contribution in [2.24, 2.45) is 0 Å². The lowest BCUT2D eigenvalue weighted by atomic mass is 9.75. The Morgan fingerprint density at radius 1 is 1.05 bits per heavy atom. The van der Waals surface area contributed by atoms with E-state index in [1.807, 2.05) is 31.8 Å². The summed E-state index contributed by atoms with van der Waals surface area (Å²) < 4.78 is 11.5. The van der Waals surface area contributed by atoms with Crippen molar-refractivity contribution in [3.8, 4) is 11.5 Å². The topological polar surface area (TPSA) is 22.8 Å². The Kier molecular flexibility index (Phi) is 5.02. The molecule has 4 heteroatoms. The Hall–Kier alpha value is -2.25. The fraction of sp³-hybridized carbons (Fsp3) is 0.235. The third-order valence-electron chi connectivity index (χ3n) is 3.09. The molecule has 0 amide bonds. The lowest BCUT2D eigenvalue weighted by Gasteiger charge is -2.12. The van der Waals surface area contributed by atoms with Crippen LogP contribution < -0.4 is 4.74 Å². The summed E-state index contributed by atoms with van der Waals surface area (Å²) in [7, 11) is 0. The summed E-state index contributed by atoms with van der Waals surface area (Å²) in [6.07, 6.45) is 0. The highest BCUT2D eigenvalue weighted by Crippen LogP contribution is 2.26. The van der Waals surface area contributed by atoms with Crippen molar-refractivity contribution in [1.82, 2.24) is 0 Å². The first kappa shape index (κ1) is 15.1. The van der Waals surface area contributed by atoms with Crippen molar-refractivity contribution >= 4 is 12.6 Å². The van der Waals surface area contributed by atoms with Crippen molar-refractivity contribution in [2.45, 2.75) is 27.2 Å². The van der Waals surface area contributed by atoms with E-state index in [1.54, 1.807) is 24.3 Å². The molecule has 0 aliphatic rings. The molecular weight excluding hydrogens is 261 g/mol. The molecule has 0 fully saturated rings. The van der Waals surface area contributed by atoms with Gasteiger partial charge in [0.2, 0.25) is 0 Å². The molecule has 2 aromatic carbocycles. The molecule has 0 unspecified atom stereocenters. The second-order valence-electron chi connectivity index (χ2n) is 5.16. The van der Waals surface area contributed by atoms with Gasteiger partial charge in [0.15, 0.2) is 5.69 Å². The van der Waals surface area contributed by atoms with E-state index in [9.17, 15) is 0 Å². The zero-order valence-electron chi connectivity index (χ0n) is 12.6. The molecule has 0 atom stereocenters. The highest BCUT2D eigenvalue weighted by molar-refractivity contribution is 6.48. The number of hydrogen-bond acceptors (Lipinski definition) is 2. The summed E-state index contributed by atoms with van der Waals surface area (Å²) in [5.74, 6) is 1.50. The zero-order chi connectivity index (χ0) is 15.2. The van der Waals surface area contributed by atoms with Crippen LogP contribution in [0.5, 0.6) is 11.5 Å². The smallest absolute Gasteiger partial charge is 0.287 e. The van der Waals surface area contributed by atoms with Crippen LogP contribution in [0.3, 0.4) is 0 Å². The van der Waals surface area contributed by atoms with E-state index in [1.165, 1.54) is 5.56 Å². The lowest BCUT2D eigenvalue weighted by Crippen LogP contribution is -2.08. The number of aryl methyl sites for hydroxylation is 1. The second kappa shape index (κ2) is 6.96. The minimum Gasteiger partial charge on any atom is -0.457 e. The summed E-state index contributed by atoms with van der Waals surface area (Å²) in [5, 5.41) is 0. The molecule has 106 valence electrons. The van der Waals surface area contributed by atoms with E-state index in [2.05, 4.69) is 11.8 Å². The van der Waals surface area contributed by atoms with Crippen molar-refractivity contribution in [2.75, 3.05) is 0 Å². The summed E-state index contributed by atoms with van der Waals surface area (Å²) in [6, 6.07) is 13.1. The van der Waals surface area contributed by atoms with Gasteiger partial charge in [0, 0.05) is 0 Å². The third kappa shape index (κ3) is 4.37. The number of hydrogen-bond donors (Lipinski definition) is 0. The Bertz CT molecular complexity index is 645. The van der Waals surface area contributed by atoms with Crippen molar-refractivity contribution in [3.05, 3.63) is 65.0 Å². The average Bonchev–Trinajstić information content (AvgIpc) is 2.48. The standard InChI is InChI=1S/C17H18BNO2/c1-13-5-8-17(11-14(13)12-20-18(2)3)21-16-9-6-15(19-4)7-10-16/h5-11H,12H2,1-3H3. The Balaban J connectivity index is 2.12. The van der Waals surface area contributed by atoms with Crippen LogP contribution in [0.15, 0.2) is 42.5 Å². The molecule has 0 radical (unpaired) electrons. The Morgan fingerprint density at radius 3 is 2.33 bits per heavy atom. The van der Waals surface area contributed by atoms with Gasteiger partial charge in [0.1, 0.15) is 11.5 Å². The van der Waals surface area contributed by atoms with Gasteiger partial charge >= 0.3 is 0 Å². The first-order valence-electron chi connectivity index (χ1n) is 6.95. The van der Waals surface area contributed by atoms with E-state index in [4.69, 9.17) is 16.0 Å². The molecule has 0 aliphatic carbocycles. The van der Waals surface area contributed by atoms with Gasteiger partial charge in [0.05, 0.1) is 13.2 Å². The highest BCUT2D eigenvalue weighted by Gasteiger charge is 2.05. The first-order valence-corrected chi connectivity index (χ1v) is 6.95. The van der Waals surface area contributed by atoms with Crippen LogP contribution in [-0.4, -0.2) is 6.92 Å². The van der Waals surface area contributed by atoms with Crippen LogP contribution in [0.1, 0.15) is 11.1 Å². The molecule has 0 bridgehead atoms. The number of nitrogens with zero attached hydrogens (tertiary/aromatic N) is 1. The highest BCUT2D eigenvalue weighted by atomic mass is 16.5. The molecule has 0 aliphatic heterocycles. The number of benzene rings is 2. The zero-order valence-corrected chi connectivity index (χ0v) is 12.6. The summed E-state index contributed by atoms with van der Waals surface area (Å²) in [5.41, 5.74) is 2.92. The minimum absolute atomic E-state index is 0.204. The molecular formula is C17H18BNO2. The van der Waals surface area contributed by atoms with Gasteiger partial charge in [-0.1, -0.05) is 31.8 Å². The lowest BCUT2D eigenvalue weighted by molar-refractivity contribution is 0.313. The van der Waals surface area contributed by atoms with Crippen molar-refractivity contribution < 1.29 is 9.39 Å². The van der Waals surface area contributed by atoms with Gasteiger partial charge in [-0.15, -0.1) is 0 Å². The molecule has 0 saturated carbocycles. The van der Waals surface area contributed by atoms with Crippen LogP contribution >= 0.6 is 0 Å². The predicted molar refractivity (Wildman–Crippen MR) is 86.2 cm³/mol. The third-order valence-corrected chi connectivity index (χ3v) is 3.09. The first-order chi connectivity index (χ1) is 10.1. The molecule has 21 heavy (non-hydrogen) atoms. The molecule has 3 nitrogen and oxygen atoms in total. The van der Waals surface area contributed by atoms with Gasteiger partial charge in [-0.05, 0) is 42.3 Å². The van der Waals surface area contributed by atoms with Crippen molar-refractivity contribution in [3.63, 3.8) is 0 Å². The SMILES string of the molecule is [C-]#[N+]c1ccc(Oc2ccc(C)c(COB(C)C)c2)cc1. The number of rotatable bonds is 5. The second-order valence-corrected chi connectivity index (χ2v) is 5.16. The molecule has 0 saturated heterocycles. The molecule has 0 N–H and O–H groups in total. The van der Waals surface area contributed by atoms with Gasteiger partial charge in [0.25, 0.3) is 6.92 Å². The normalized spacial score (nSPS) is 10.0. The quantitative estimate of drug-likeness (QED) is 0.561. The minimum atomic E-state index is 0.204. The molecule has 2 aromatic rings. The fourth-order valence-electron chi connectivity index (χ4n) is 1.85. The summed E-state index contributed by atoms with van der Waals surface area (Å²) in [4.78, 5) is 3.36. The van der Waals surface area contributed by atoms with Crippen LogP contribution in [-0.2, 0) is 11.3 Å². The molecule has 2 rings (SSSR count). The summed E-state index contributed by atoms with van der Waals surface area (Å²) >= 11 is 0. The van der Waals surface area contributed by atoms with Crippen LogP contribution in [0.4, 0.5) is 5.69 Å². The molecule has 0 heterocycles. The van der Waals surface area contributed by atoms with Crippen LogP contribution in [0, 0.1) is 13.5 Å². The van der Waals surface area contributed by atoms with Gasteiger partial charge in [-0.2, -0.15) is 0 Å². The average molecular weight is 279 g/mol. The maximum Gasteiger partial charge on any atom is 0.287 e. The Labute approximate surface area is 126 Å². The van der Waals surface area contributed by atoms with E-state index in [0.717, 1.165) is 17.1 Å². The Morgan fingerprint density at radius 2 is 1.71 bits per heavy atom. The van der Waals surface area contributed by atoms with E-state index in [0.29, 0.717) is 12.3 Å². The molecule has 0 aromatic heterocycles. The fourth-order valence-corrected chi connectivity index (χ4v) is 1.85. The summed E-state index contributed by atoms with van der Waals surface area (Å²) in [6.45, 7) is 13.8. The monoisotopic (exact) mass is 279 g/mol. The largest absolute Gasteiger partial charge is 0.457 e. The van der Waals surface area contributed by atoms with E-state index < -0.39 is 0 Å². The molecule has 0 spiro atoms. The maximum atomic E-state index is 6.94. The van der Waals surface area contributed by atoms with E-state index in [-0.39, 0.29) is 6.92 Å². The number of ether oxygens (including phenoxy) is 1. The van der Waals surface area contributed by atoms with Gasteiger partial charge < -0.3 is 9.39 Å². The maximum absolute atomic E-state index is 6.94. The van der Waals surface area contributed by atoms with Gasteiger partial charge in [-0.25, -0.2) is 4.85 Å². The van der Waals surface area contributed by atoms with Crippen LogP contribution in [0.2, 0.25) is 13.6 Å². The van der Waals surface area contributed by atoms with Crippen LogP contribution in [0.25, 0.3) is 4.85 Å². The van der Waals surface area contributed by atoms with Crippen molar-refractivity contribution in [1.29, 1.82) is 0 Å². The predicted octanol–water partition coefficient (Wildman–Crippen LogP) is 5.11. The van der Waals surface area contributed by atoms with Gasteiger partial charge in [-0.3, -0.25) is 0 Å². The van der Waals surface area contributed by atoms with E-state index >= 15 is 0 Å².